The number of halogens is 2. The number of para-hydroxylation sites is 1. The Kier molecular flexibility index (Phi) is 6.66. The van der Waals surface area contributed by atoms with Crippen LogP contribution < -0.4 is 5.32 Å². The largest absolute Gasteiger partial charge is 0.325 e. The van der Waals surface area contributed by atoms with Gasteiger partial charge in [0.15, 0.2) is 5.16 Å². The Hall–Kier alpha value is -2.73. The van der Waals surface area contributed by atoms with Crippen LogP contribution in [0.15, 0.2) is 84.1 Å². The Labute approximate surface area is 195 Å². The quantitative estimate of drug-likeness (QED) is 0.314. The van der Waals surface area contributed by atoms with Gasteiger partial charge in [-0.1, -0.05) is 76.9 Å². The van der Waals surface area contributed by atoms with E-state index in [1.165, 1.54) is 11.8 Å². The van der Waals surface area contributed by atoms with E-state index in [0.717, 1.165) is 28.2 Å². The van der Waals surface area contributed by atoms with Gasteiger partial charge in [0.2, 0.25) is 5.91 Å². The van der Waals surface area contributed by atoms with Crippen molar-refractivity contribution in [1.29, 1.82) is 0 Å². The van der Waals surface area contributed by atoms with E-state index in [1.54, 1.807) is 12.3 Å². The minimum absolute atomic E-state index is 0.0902. The topological polar surface area (TPSA) is 46.9 Å². The van der Waals surface area contributed by atoms with Crippen LogP contribution >= 0.6 is 35.0 Å². The van der Waals surface area contributed by atoms with Gasteiger partial charge in [-0.05, 0) is 43.3 Å². The number of thioether (sulfide) groups is 1. The van der Waals surface area contributed by atoms with E-state index >= 15 is 0 Å². The fraction of sp³-hybridized carbons (Fsp3) is 0.0833. The number of hydrogen-bond donors (Lipinski definition) is 1. The van der Waals surface area contributed by atoms with Crippen molar-refractivity contribution < 1.29 is 4.79 Å². The Morgan fingerprint density at radius 1 is 1.00 bits per heavy atom. The molecule has 156 valence electrons. The molecule has 7 heteroatoms. The average molecular weight is 468 g/mol. The number of imidazole rings is 1. The van der Waals surface area contributed by atoms with Crippen LogP contribution in [0.4, 0.5) is 5.69 Å². The molecule has 31 heavy (non-hydrogen) atoms. The highest BCUT2D eigenvalue weighted by atomic mass is 35.5. The predicted octanol–water partition coefficient (Wildman–Crippen LogP) is 6.89. The standard InChI is InChI=1S/C24H19Cl2N3OS/c1-16-7-10-18(11-8-16)28-23(30)15-31-24-27-14-22(17-9-12-20(25)21(26)13-17)29(24)19-5-3-2-4-6-19/h2-14H,15H2,1H3,(H,28,30). The van der Waals surface area contributed by atoms with Crippen LogP contribution in [0.2, 0.25) is 10.0 Å². The molecular weight excluding hydrogens is 449 g/mol. The summed E-state index contributed by atoms with van der Waals surface area (Å²) < 4.78 is 2.02. The zero-order valence-corrected chi connectivity index (χ0v) is 19.0. The molecule has 0 bridgehead atoms. The van der Waals surface area contributed by atoms with Crippen molar-refractivity contribution in [3.05, 3.63) is 94.6 Å². The van der Waals surface area contributed by atoms with Crippen LogP contribution in [0.3, 0.4) is 0 Å². The Morgan fingerprint density at radius 3 is 2.45 bits per heavy atom. The van der Waals surface area contributed by atoms with Gasteiger partial charge in [-0.15, -0.1) is 0 Å². The van der Waals surface area contributed by atoms with Crippen molar-refractivity contribution in [2.45, 2.75) is 12.1 Å². The van der Waals surface area contributed by atoms with Crippen molar-refractivity contribution in [2.24, 2.45) is 0 Å². The molecule has 0 fully saturated rings. The second kappa shape index (κ2) is 9.60. The second-order valence-electron chi connectivity index (χ2n) is 6.93. The number of rotatable bonds is 6. The molecule has 1 aromatic heterocycles. The van der Waals surface area contributed by atoms with Crippen molar-refractivity contribution in [1.82, 2.24) is 9.55 Å². The summed E-state index contributed by atoms with van der Waals surface area (Å²) in [7, 11) is 0. The average Bonchev–Trinajstić information content (AvgIpc) is 3.20. The molecule has 1 heterocycles. The lowest BCUT2D eigenvalue weighted by atomic mass is 10.1. The molecule has 1 amide bonds. The van der Waals surface area contributed by atoms with Crippen LogP contribution in [0.1, 0.15) is 5.56 Å². The smallest absolute Gasteiger partial charge is 0.234 e. The fourth-order valence-electron chi connectivity index (χ4n) is 3.09. The first kappa shape index (κ1) is 21.5. The van der Waals surface area contributed by atoms with E-state index in [-0.39, 0.29) is 11.7 Å². The summed E-state index contributed by atoms with van der Waals surface area (Å²) in [5, 5.41) is 4.61. The molecule has 0 spiro atoms. The Bertz CT molecular complexity index is 1210. The lowest BCUT2D eigenvalue weighted by molar-refractivity contribution is -0.113. The fourth-order valence-corrected chi connectivity index (χ4v) is 4.18. The van der Waals surface area contributed by atoms with Crippen LogP contribution in [0, 0.1) is 6.92 Å². The maximum absolute atomic E-state index is 12.5. The summed E-state index contributed by atoms with van der Waals surface area (Å²) in [6.07, 6.45) is 1.78. The Balaban J connectivity index is 1.60. The van der Waals surface area contributed by atoms with Gasteiger partial charge in [0.25, 0.3) is 0 Å². The number of aromatic nitrogens is 2. The normalized spacial score (nSPS) is 10.8. The van der Waals surface area contributed by atoms with Gasteiger partial charge < -0.3 is 5.32 Å². The van der Waals surface area contributed by atoms with Gasteiger partial charge in [-0.3, -0.25) is 9.36 Å². The third-order valence-electron chi connectivity index (χ3n) is 4.63. The summed E-state index contributed by atoms with van der Waals surface area (Å²) >= 11 is 13.7. The number of aryl methyl sites for hydroxylation is 1. The van der Waals surface area contributed by atoms with Crippen molar-refractivity contribution in [2.75, 3.05) is 11.1 Å². The molecule has 3 aromatic carbocycles. The van der Waals surface area contributed by atoms with Gasteiger partial charge in [-0.2, -0.15) is 0 Å². The molecule has 1 N–H and O–H groups in total. The Morgan fingerprint density at radius 2 is 1.74 bits per heavy atom. The van der Waals surface area contributed by atoms with E-state index in [1.807, 2.05) is 78.2 Å². The molecule has 0 saturated heterocycles. The second-order valence-corrected chi connectivity index (χ2v) is 8.69. The van der Waals surface area contributed by atoms with E-state index in [2.05, 4.69) is 10.3 Å². The lowest BCUT2D eigenvalue weighted by Gasteiger charge is -2.12. The number of amides is 1. The molecule has 0 unspecified atom stereocenters. The third-order valence-corrected chi connectivity index (χ3v) is 6.32. The third kappa shape index (κ3) is 5.13. The number of hydrogen-bond acceptors (Lipinski definition) is 3. The van der Waals surface area contributed by atoms with Crippen molar-refractivity contribution >= 4 is 46.6 Å². The van der Waals surface area contributed by atoms with Crippen LogP contribution in [-0.4, -0.2) is 21.2 Å². The highest BCUT2D eigenvalue weighted by Gasteiger charge is 2.16. The van der Waals surface area contributed by atoms with Crippen molar-refractivity contribution in [3.63, 3.8) is 0 Å². The molecule has 0 radical (unpaired) electrons. The number of benzene rings is 3. The lowest BCUT2D eigenvalue weighted by Crippen LogP contribution is -2.14. The monoisotopic (exact) mass is 467 g/mol. The van der Waals surface area contributed by atoms with E-state index < -0.39 is 0 Å². The first-order chi connectivity index (χ1) is 15.0. The zero-order valence-electron chi connectivity index (χ0n) is 16.7. The predicted molar refractivity (Wildman–Crippen MR) is 130 cm³/mol. The number of nitrogens with zero attached hydrogens (tertiary/aromatic N) is 2. The molecule has 0 aliphatic rings. The summed E-state index contributed by atoms with van der Waals surface area (Å²) in [5.41, 5.74) is 4.63. The van der Waals surface area contributed by atoms with Crippen molar-refractivity contribution in [3.8, 4) is 16.9 Å². The molecular formula is C24H19Cl2N3OS. The van der Waals surface area contributed by atoms with E-state index in [9.17, 15) is 4.79 Å². The first-order valence-corrected chi connectivity index (χ1v) is 11.3. The summed E-state index contributed by atoms with van der Waals surface area (Å²) in [6, 6.07) is 23.1. The summed E-state index contributed by atoms with van der Waals surface area (Å²) in [6.45, 7) is 2.01. The SMILES string of the molecule is Cc1ccc(NC(=O)CSc2ncc(-c3ccc(Cl)c(Cl)c3)n2-c2ccccc2)cc1. The van der Waals surface area contributed by atoms with Crippen LogP contribution in [0.25, 0.3) is 16.9 Å². The molecule has 4 rings (SSSR count). The van der Waals surface area contributed by atoms with E-state index in [4.69, 9.17) is 23.2 Å². The maximum Gasteiger partial charge on any atom is 0.234 e. The molecule has 0 atom stereocenters. The van der Waals surface area contributed by atoms with Gasteiger partial charge >= 0.3 is 0 Å². The summed E-state index contributed by atoms with van der Waals surface area (Å²) in [4.78, 5) is 17.1. The number of carbonyl (C=O) groups is 1. The first-order valence-electron chi connectivity index (χ1n) is 9.59. The van der Waals surface area contributed by atoms with E-state index in [0.29, 0.717) is 15.2 Å². The van der Waals surface area contributed by atoms with Gasteiger partial charge in [0.1, 0.15) is 0 Å². The van der Waals surface area contributed by atoms with Crippen LogP contribution in [-0.2, 0) is 4.79 Å². The molecule has 0 saturated carbocycles. The highest BCUT2D eigenvalue weighted by Crippen LogP contribution is 2.33. The zero-order chi connectivity index (χ0) is 21.8. The minimum atomic E-state index is -0.0902. The summed E-state index contributed by atoms with van der Waals surface area (Å²) in [5.74, 6) is 0.144. The highest BCUT2D eigenvalue weighted by molar-refractivity contribution is 7.99. The maximum atomic E-state index is 12.5. The number of anilines is 1. The van der Waals surface area contributed by atoms with Crippen LogP contribution in [0.5, 0.6) is 0 Å². The molecule has 4 nitrogen and oxygen atoms in total. The number of carbonyl (C=O) groups excluding carboxylic acids is 1. The number of nitrogens with one attached hydrogen (secondary N) is 1. The molecule has 0 aliphatic heterocycles. The van der Waals surface area contributed by atoms with Gasteiger partial charge in [0, 0.05) is 16.9 Å². The molecule has 0 aliphatic carbocycles. The van der Waals surface area contributed by atoms with Gasteiger partial charge in [0.05, 0.1) is 27.7 Å². The molecule has 4 aromatic rings. The van der Waals surface area contributed by atoms with Gasteiger partial charge in [-0.25, -0.2) is 4.98 Å². The minimum Gasteiger partial charge on any atom is -0.325 e.